The molecule has 0 bridgehead atoms. The van der Waals surface area contributed by atoms with Gasteiger partial charge in [-0.3, -0.25) is 13.9 Å². The fourth-order valence-electron chi connectivity index (χ4n) is 3.31. The Balaban J connectivity index is 2.39. The van der Waals surface area contributed by atoms with Gasteiger partial charge in [-0.15, -0.1) is 0 Å². The lowest BCUT2D eigenvalue weighted by atomic mass is 10.1. The molecule has 0 aliphatic carbocycles. The van der Waals surface area contributed by atoms with Gasteiger partial charge < -0.3 is 10.2 Å². The predicted molar refractivity (Wildman–Crippen MR) is 128 cm³/mol. The average molecular weight is 478 g/mol. The number of benzene rings is 2. The number of carbonyl (C=O) groups excluding carboxylic acids is 2. The fraction of sp³-hybridized carbons (Fsp3) is 0.417. The Kier molecular flexibility index (Phi) is 8.99. The molecule has 0 unspecified atom stereocenters. The largest absolute Gasteiger partial charge is 0.352 e. The molecule has 0 aromatic heterocycles. The molecule has 0 saturated heterocycles. The van der Waals surface area contributed by atoms with Crippen molar-refractivity contribution in [2.45, 2.75) is 52.7 Å². The van der Waals surface area contributed by atoms with Crippen LogP contribution in [-0.4, -0.2) is 50.0 Å². The Bertz CT molecular complexity index is 1070. The van der Waals surface area contributed by atoms with Crippen LogP contribution in [0, 0.1) is 5.82 Å². The Morgan fingerprint density at radius 3 is 2.15 bits per heavy atom. The topological polar surface area (TPSA) is 86.8 Å². The highest BCUT2D eigenvalue weighted by molar-refractivity contribution is 7.92. The number of nitrogens with one attached hydrogen (secondary N) is 1. The van der Waals surface area contributed by atoms with E-state index in [0.717, 1.165) is 22.5 Å². The number of anilines is 1. The summed E-state index contributed by atoms with van der Waals surface area (Å²) in [6.45, 7) is 6.41. The van der Waals surface area contributed by atoms with E-state index in [0.29, 0.717) is 5.69 Å². The summed E-state index contributed by atoms with van der Waals surface area (Å²) in [5, 5.41) is 2.75. The molecule has 0 saturated carbocycles. The summed E-state index contributed by atoms with van der Waals surface area (Å²) in [5.74, 6) is -1.54. The minimum Gasteiger partial charge on any atom is -0.352 e. The van der Waals surface area contributed by atoms with Crippen molar-refractivity contribution < 1.29 is 22.4 Å². The molecule has 0 aliphatic rings. The summed E-state index contributed by atoms with van der Waals surface area (Å²) in [7, 11) is -3.80. The number of hydrogen-bond donors (Lipinski definition) is 1. The van der Waals surface area contributed by atoms with Gasteiger partial charge in [-0.1, -0.05) is 37.3 Å². The maximum absolute atomic E-state index is 14.3. The van der Waals surface area contributed by atoms with E-state index >= 15 is 0 Å². The third kappa shape index (κ3) is 7.28. The van der Waals surface area contributed by atoms with E-state index in [1.807, 2.05) is 6.92 Å². The van der Waals surface area contributed by atoms with Gasteiger partial charge in [0.25, 0.3) is 0 Å². The molecule has 1 atom stereocenters. The highest BCUT2D eigenvalue weighted by atomic mass is 32.2. The number of amides is 2. The van der Waals surface area contributed by atoms with Crippen molar-refractivity contribution in [1.29, 1.82) is 0 Å². The third-order valence-electron chi connectivity index (χ3n) is 5.21. The molecule has 2 aromatic carbocycles. The molecule has 180 valence electrons. The van der Waals surface area contributed by atoms with Gasteiger partial charge in [-0.2, -0.15) is 0 Å². The van der Waals surface area contributed by atoms with Crippen molar-refractivity contribution >= 4 is 27.5 Å². The summed E-state index contributed by atoms with van der Waals surface area (Å²) in [6.07, 6.45) is 1.81. The van der Waals surface area contributed by atoms with Crippen LogP contribution in [0.15, 0.2) is 48.5 Å². The first kappa shape index (κ1) is 26.3. The van der Waals surface area contributed by atoms with Gasteiger partial charge in [0.05, 0.1) is 11.9 Å². The van der Waals surface area contributed by atoms with Crippen LogP contribution in [-0.2, 0) is 32.6 Å². The lowest BCUT2D eigenvalue weighted by molar-refractivity contribution is -0.139. The van der Waals surface area contributed by atoms with Gasteiger partial charge in [-0.05, 0) is 51.0 Å². The van der Waals surface area contributed by atoms with Crippen LogP contribution < -0.4 is 9.62 Å². The normalized spacial score (nSPS) is 12.3. The number of rotatable bonds is 10. The molecule has 0 aliphatic heterocycles. The van der Waals surface area contributed by atoms with E-state index in [9.17, 15) is 22.4 Å². The average Bonchev–Trinajstić information content (AvgIpc) is 2.75. The molecule has 0 fully saturated rings. The zero-order valence-electron chi connectivity index (χ0n) is 19.7. The summed E-state index contributed by atoms with van der Waals surface area (Å²) >= 11 is 0. The van der Waals surface area contributed by atoms with Crippen molar-refractivity contribution in [3.8, 4) is 0 Å². The molecular formula is C24H32FN3O4S. The second-order valence-electron chi connectivity index (χ2n) is 8.24. The quantitative estimate of drug-likeness (QED) is 0.570. The Hall–Kier alpha value is -2.94. The zero-order valence-corrected chi connectivity index (χ0v) is 20.5. The lowest BCUT2D eigenvalue weighted by Gasteiger charge is -2.32. The summed E-state index contributed by atoms with van der Waals surface area (Å²) in [6, 6.07) is 11.8. The first-order chi connectivity index (χ1) is 15.4. The van der Waals surface area contributed by atoms with E-state index in [1.54, 1.807) is 44.2 Å². The fourth-order valence-corrected chi connectivity index (χ4v) is 4.16. The van der Waals surface area contributed by atoms with Crippen molar-refractivity contribution in [2.75, 3.05) is 17.1 Å². The number of sulfonamides is 1. The smallest absolute Gasteiger partial charge is 0.244 e. The summed E-state index contributed by atoms with van der Waals surface area (Å²) in [4.78, 5) is 27.2. The minimum absolute atomic E-state index is 0.157. The maximum Gasteiger partial charge on any atom is 0.244 e. The number of hydrogen-bond acceptors (Lipinski definition) is 4. The standard InChI is InChI=1S/C24H32FN3O4S/c1-6-19-11-13-21(14-12-19)28(33(5,31)32)16-23(29)27(18(4)24(30)26-17(2)3)15-20-9-7-8-10-22(20)25/h7-14,17-18H,6,15-16H2,1-5H3,(H,26,30)/t18-/m0/s1. The molecule has 33 heavy (non-hydrogen) atoms. The minimum atomic E-state index is -3.80. The SMILES string of the molecule is CCc1ccc(N(CC(=O)N(Cc2ccccc2F)[C@@H](C)C(=O)NC(C)C)S(C)(=O)=O)cc1. The Morgan fingerprint density at radius 2 is 1.64 bits per heavy atom. The zero-order chi connectivity index (χ0) is 24.8. The highest BCUT2D eigenvalue weighted by Crippen LogP contribution is 2.20. The molecule has 9 heteroatoms. The first-order valence-electron chi connectivity index (χ1n) is 10.8. The second-order valence-corrected chi connectivity index (χ2v) is 10.1. The summed E-state index contributed by atoms with van der Waals surface area (Å²) in [5.41, 5.74) is 1.60. The van der Waals surface area contributed by atoms with E-state index in [4.69, 9.17) is 0 Å². The van der Waals surface area contributed by atoms with Crippen LogP contribution in [0.25, 0.3) is 0 Å². The Labute approximate surface area is 195 Å². The third-order valence-corrected chi connectivity index (χ3v) is 6.35. The van der Waals surface area contributed by atoms with Gasteiger partial charge in [0.15, 0.2) is 0 Å². The van der Waals surface area contributed by atoms with Crippen LogP contribution in [0.5, 0.6) is 0 Å². The molecule has 7 nitrogen and oxygen atoms in total. The van der Waals surface area contributed by atoms with E-state index in [-0.39, 0.29) is 18.2 Å². The first-order valence-corrected chi connectivity index (χ1v) is 12.7. The van der Waals surface area contributed by atoms with E-state index < -0.39 is 40.2 Å². The molecule has 2 amide bonds. The van der Waals surface area contributed by atoms with Crippen LogP contribution in [0.4, 0.5) is 10.1 Å². The van der Waals surface area contributed by atoms with Gasteiger partial charge >= 0.3 is 0 Å². The van der Waals surface area contributed by atoms with Crippen molar-refractivity contribution in [3.63, 3.8) is 0 Å². The second kappa shape index (κ2) is 11.3. The molecule has 0 radical (unpaired) electrons. The van der Waals surface area contributed by atoms with Gasteiger partial charge in [-0.25, -0.2) is 12.8 Å². The monoisotopic (exact) mass is 477 g/mol. The molecule has 0 heterocycles. The maximum atomic E-state index is 14.3. The number of carbonyl (C=O) groups is 2. The van der Waals surface area contributed by atoms with Crippen LogP contribution in [0.1, 0.15) is 38.8 Å². The number of halogens is 1. The molecule has 1 N–H and O–H groups in total. The van der Waals surface area contributed by atoms with Crippen LogP contribution in [0.3, 0.4) is 0 Å². The molecule has 2 rings (SSSR count). The van der Waals surface area contributed by atoms with Gasteiger partial charge in [0.2, 0.25) is 21.8 Å². The number of nitrogens with zero attached hydrogens (tertiary/aromatic N) is 2. The van der Waals surface area contributed by atoms with Crippen molar-refractivity contribution in [1.82, 2.24) is 10.2 Å². The van der Waals surface area contributed by atoms with E-state index in [2.05, 4.69) is 5.32 Å². The van der Waals surface area contributed by atoms with E-state index in [1.165, 1.54) is 30.0 Å². The molecular weight excluding hydrogens is 445 g/mol. The van der Waals surface area contributed by atoms with Gasteiger partial charge in [0, 0.05) is 18.2 Å². The molecule has 2 aromatic rings. The highest BCUT2D eigenvalue weighted by Gasteiger charge is 2.30. The Morgan fingerprint density at radius 1 is 1.03 bits per heavy atom. The number of aryl methyl sites for hydroxylation is 1. The summed E-state index contributed by atoms with van der Waals surface area (Å²) < 4.78 is 40.4. The predicted octanol–water partition coefficient (Wildman–Crippen LogP) is 3.10. The van der Waals surface area contributed by atoms with Crippen LogP contribution >= 0.6 is 0 Å². The van der Waals surface area contributed by atoms with Crippen LogP contribution in [0.2, 0.25) is 0 Å². The van der Waals surface area contributed by atoms with Crippen molar-refractivity contribution in [2.24, 2.45) is 0 Å². The molecule has 0 spiro atoms. The van der Waals surface area contributed by atoms with Crippen molar-refractivity contribution in [3.05, 3.63) is 65.5 Å². The van der Waals surface area contributed by atoms with Gasteiger partial charge in [0.1, 0.15) is 18.4 Å². The lowest BCUT2D eigenvalue weighted by Crippen LogP contribution is -2.52.